The molecular weight excluding hydrogens is 172 g/mol. The van der Waals surface area contributed by atoms with Crippen LogP contribution in [0.2, 0.25) is 0 Å². The summed E-state index contributed by atoms with van der Waals surface area (Å²) in [5.74, 6) is 0. The summed E-state index contributed by atoms with van der Waals surface area (Å²) in [6, 6.07) is 2.65. The molecule has 0 N–H and O–H groups in total. The first-order valence-corrected chi connectivity index (χ1v) is 6.02. The predicted molar refractivity (Wildman–Crippen MR) is 59.0 cm³/mol. The van der Waals surface area contributed by atoms with E-state index in [-0.39, 0.29) is 6.04 Å². The van der Waals surface area contributed by atoms with Gasteiger partial charge in [-0.25, -0.2) is 0 Å². The topological polar surface area (TPSA) is 27.0 Å². The molecule has 2 nitrogen and oxygen atoms in total. The van der Waals surface area contributed by atoms with Gasteiger partial charge in [0.05, 0.1) is 12.1 Å². The molecule has 1 aliphatic heterocycles. The molecule has 1 unspecified atom stereocenters. The van der Waals surface area contributed by atoms with Crippen LogP contribution in [0.15, 0.2) is 0 Å². The Morgan fingerprint density at radius 3 is 2.50 bits per heavy atom. The largest absolute Gasteiger partial charge is 0.288 e. The molecule has 0 saturated carbocycles. The molecule has 1 fully saturated rings. The van der Waals surface area contributed by atoms with Crippen molar-refractivity contribution in [1.29, 1.82) is 5.26 Å². The number of nitriles is 1. The molecule has 0 aromatic carbocycles. The highest BCUT2D eigenvalue weighted by atomic mass is 15.2. The van der Waals surface area contributed by atoms with Crippen molar-refractivity contribution in [3.05, 3.63) is 0 Å². The van der Waals surface area contributed by atoms with Crippen LogP contribution in [0.5, 0.6) is 0 Å². The normalized spacial score (nSPS) is 19.4. The van der Waals surface area contributed by atoms with Crippen molar-refractivity contribution in [1.82, 2.24) is 4.90 Å². The van der Waals surface area contributed by atoms with E-state index in [1.165, 1.54) is 38.5 Å². The Morgan fingerprint density at radius 1 is 1.21 bits per heavy atom. The minimum atomic E-state index is 0.203. The van der Waals surface area contributed by atoms with Gasteiger partial charge in [0, 0.05) is 0 Å². The van der Waals surface area contributed by atoms with Gasteiger partial charge < -0.3 is 0 Å². The lowest BCUT2D eigenvalue weighted by molar-refractivity contribution is 0.272. The van der Waals surface area contributed by atoms with E-state index in [4.69, 9.17) is 5.26 Å². The van der Waals surface area contributed by atoms with Gasteiger partial charge in [-0.1, -0.05) is 32.6 Å². The van der Waals surface area contributed by atoms with E-state index < -0.39 is 0 Å². The van der Waals surface area contributed by atoms with Crippen LogP contribution >= 0.6 is 0 Å². The lowest BCUT2D eigenvalue weighted by Crippen LogP contribution is -2.31. The summed E-state index contributed by atoms with van der Waals surface area (Å²) in [5.41, 5.74) is 0. The van der Waals surface area contributed by atoms with Crippen molar-refractivity contribution in [2.75, 3.05) is 13.1 Å². The maximum absolute atomic E-state index is 9.05. The number of nitrogens with zero attached hydrogens (tertiary/aromatic N) is 2. The van der Waals surface area contributed by atoms with Gasteiger partial charge >= 0.3 is 0 Å². The highest BCUT2D eigenvalue weighted by Gasteiger charge is 2.20. The summed E-state index contributed by atoms with van der Waals surface area (Å²) in [7, 11) is 0. The molecule has 0 spiro atoms. The second kappa shape index (κ2) is 6.84. The minimum Gasteiger partial charge on any atom is -0.288 e. The van der Waals surface area contributed by atoms with Gasteiger partial charge in [0.15, 0.2) is 0 Å². The van der Waals surface area contributed by atoms with Gasteiger partial charge in [-0.2, -0.15) is 5.26 Å². The lowest BCUT2D eigenvalue weighted by Gasteiger charge is -2.20. The quantitative estimate of drug-likeness (QED) is 0.608. The van der Waals surface area contributed by atoms with Crippen molar-refractivity contribution in [2.45, 2.75) is 57.9 Å². The van der Waals surface area contributed by atoms with E-state index in [0.29, 0.717) is 0 Å². The first-order chi connectivity index (χ1) is 6.88. The summed E-state index contributed by atoms with van der Waals surface area (Å²) >= 11 is 0. The second-order valence-electron chi connectivity index (χ2n) is 4.24. The zero-order valence-corrected chi connectivity index (χ0v) is 9.34. The molecule has 0 aromatic heterocycles. The fourth-order valence-corrected chi connectivity index (χ4v) is 2.15. The smallest absolute Gasteiger partial charge is 0.0977 e. The predicted octanol–water partition coefficient (Wildman–Crippen LogP) is 2.94. The van der Waals surface area contributed by atoms with Crippen LogP contribution in [0.3, 0.4) is 0 Å². The molecule has 0 bridgehead atoms. The first kappa shape index (κ1) is 11.5. The maximum Gasteiger partial charge on any atom is 0.0977 e. The molecule has 1 atom stereocenters. The molecule has 1 rings (SSSR count). The highest BCUT2D eigenvalue weighted by molar-refractivity contribution is 4.93. The summed E-state index contributed by atoms with van der Waals surface area (Å²) < 4.78 is 0. The first-order valence-electron chi connectivity index (χ1n) is 6.02. The Kier molecular flexibility index (Phi) is 5.63. The Balaban J connectivity index is 2.15. The van der Waals surface area contributed by atoms with Gasteiger partial charge in [0.1, 0.15) is 0 Å². The second-order valence-corrected chi connectivity index (χ2v) is 4.24. The summed E-state index contributed by atoms with van der Waals surface area (Å²) in [6.45, 7) is 4.51. The van der Waals surface area contributed by atoms with E-state index in [0.717, 1.165) is 19.5 Å². The van der Waals surface area contributed by atoms with Crippen LogP contribution in [0.4, 0.5) is 0 Å². The molecule has 1 heterocycles. The molecule has 1 aliphatic rings. The van der Waals surface area contributed by atoms with Gasteiger partial charge in [-0.15, -0.1) is 0 Å². The standard InChI is InChI=1S/C12H22N2/c1-2-3-4-5-8-12(11-13)14-9-6-7-10-14/h12H,2-10H2,1H3. The average molecular weight is 194 g/mol. The molecule has 80 valence electrons. The van der Waals surface area contributed by atoms with Crippen molar-refractivity contribution in [3.8, 4) is 6.07 Å². The van der Waals surface area contributed by atoms with Crippen LogP contribution in [-0.2, 0) is 0 Å². The molecule has 1 saturated heterocycles. The van der Waals surface area contributed by atoms with E-state index in [1.54, 1.807) is 0 Å². The van der Waals surface area contributed by atoms with E-state index in [2.05, 4.69) is 17.9 Å². The summed E-state index contributed by atoms with van der Waals surface area (Å²) in [4.78, 5) is 2.35. The van der Waals surface area contributed by atoms with Crippen molar-refractivity contribution >= 4 is 0 Å². The van der Waals surface area contributed by atoms with Crippen LogP contribution < -0.4 is 0 Å². The van der Waals surface area contributed by atoms with Crippen molar-refractivity contribution < 1.29 is 0 Å². The van der Waals surface area contributed by atoms with Crippen molar-refractivity contribution in [3.63, 3.8) is 0 Å². The molecule has 0 aromatic rings. The highest BCUT2D eigenvalue weighted by Crippen LogP contribution is 2.16. The third kappa shape index (κ3) is 3.67. The Hall–Kier alpha value is -0.550. The van der Waals surface area contributed by atoms with Crippen molar-refractivity contribution in [2.24, 2.45) is 0 Å². The van der Waals surface area contributed by atoms with Gasteiger partial charge in [0.2, 0.25) is 0 Å². The zero-order chi connectivity index (χ0) is 10.2. The number of likely N-dealkylation sites (tertiary alicyclic amines) is 1. The van der Waals surface area contributed by atoms with Crippen LogP contribution in [0.25, 0.3) is 0 Å². The minimum absolute atomic E-state index is 0.203. The average Bonchev–Trinajstić information content (AvgIpc) is 2.71. The fourth-order valence-electron chi connectivity index (χ4n) is 2.15. The molecule has 0 amide bonds. The van der Waals surface area contributed by atoms with E-state index in [1.807, 2.05) is 0 Å². The SMILES string of the molecule is CCCCCCC(C#N)N1CCCC1. The van der Waals surface area contributed by atoms with Gasteiger partial charge in [-0.3, -0.25) is 4.90 Å². The maximum atomic E-state index is 9.05. The number of hydrogen-bond acceptors (Lipinski definition) is 2. The molecule has 2 heteroatoms. The molecule has 14 heavy (non-hydrogen) atoms. The lowest BCUT2D eigenvalue weighted by atomic mass is 10.1. The number of unbranched alkanes of at least 4 members (excludes halogenated alkanes) is 3. The molecule has 0 radical (unpaired) electrons. The van der Waals surface area contributed by atoms with Gasteiger partial charge in [-0.05, 0) is 32.4 Å². The third-order valence-corrected chi connectivity index (χ3v) is 3.06. The Labute approximate surface area is 87.9 Å². The Morgan fingerprint density at radius 2 is 1.93 bits per heavy atom. The molecular formula is C12H22N2. The third-order valence-electron chi connectivity index (χ3n) is 3.06. The van der Waals surface area contributed by atoms with E-state index >= 15 is 0 Å². The number of rotatable bonds is 6. The zero-order valence-electron chi connectivity index (χ0n) is 9.34. The van der Waals surface area contributed by atoms with Crippen LogP contribution in [0.1, 0.15) is 51.9 Å². The summed E-state index contributed by atoms with van der Waals surface area (Å²) in [5, 5.41) is 9.05. The number of hydrogen-bond donors (Lipinski definition) is 0. The fraction of sp³-hybridized carbons (Fsp3) is 0.917. The van der Waals surface area contributed by atoms with Gasteiger partial charge in [0.25, 0.3) is 0 Å². The summed E-state index contributed by atoms with van der Waals surface area (Å²) in [6.07, 6.45) is 8.76. The molecule has 0 aliphatic carbocycles. The monoisotopic (exact) mass is 194 g/mol. The van der Waals surface area contributed by atoms with E-state index in [9.17, 15) is 0 Å². The van der Waals surface area contributed by atoms with Crippen LogP contribution in [0, 0.1) is 11.3 Å². The van der Waals surface area contributed by atoms with Crippen LogP contribution in [-0.4, -0.2) is 24.0 Å². The Bertz CT molecular complexity index is 177.